The molecule has 32 heavy (non-hydrogen) atoms. The van der Waals surface area contributed by atoms with E-state index in [2.05, 4.69) is 4.72 Å². The quantitative estimate of drug-likeness (QED) is 0.564. The molecule has 3 aromatic carbocycles. The monoisotopic (exact) mass is 452 g/mol. The number of aryl methyl sites for hydroxylation is 2. The highest BCUT2D eigenvalue weighted by Gasteiger charge is 2.22. The fraction of sp³-hybridized carbons (Fsp3) is 0.240. The Morgan fingerprint density at radius 3 is 2.41 bits per heavy atom. The lowest BCUT2D eigenvalue weighted by Gasteiger charge is -2.20. The van der Waals surface area contributed by atoms with Crippen molar-refractivity contribution in [3.05, 3.63) is 88.5 Å². The molecular formula is C25H28N2O4S. The van der Waals surface area contributed by atoms with Gasteiger partial charge in [-0.05, 0) is 61.7 Å². The molecule has 0 fully saturated rings. The molecule has 0 aliphatic heterocycles. The van der Waals surface area contributed by atoms with Crippen LogP contribution in [0.5, 0.6) is 5.75 Å². The third kappa shape index (κ3) is 4.94. The van der Waals surface area contributed by atoms with E-state index in [9.17, 15) is 13.2 Å². The summed E-state index contributed by atoms with van der Waals surface area (Å²) in [6, 6.07) is 17.7. The van der Waals surface area contributed by atoms with Crippen molar-refractivity contribution in [1.82, 2.24) is 4.90 Å². The molecular weight excluding hydrogens is 424 g/mol. The lowest BCUT2D eigenvalue weighted by molar-refractivity contribution is 0.0784. The number of sulfonamides is 1. The summed E-state index contributed by atoms with van der Waals surface area (Å²) >= 11 is 0. The second-order valence-corrected chi connectivity index (χ2v) is 9.46. The summed E-state index contributed by atoms with van der Waals surface area (Å²) in [7, 11) is -0.614. The first kappa shape index (κ1) is 23.3. The third-order valence-electron chi connectivity index (χ3n) is 5.52. The van der Waals surface area contributed by atoms with E-state index in [0.717, 1.165) is 16.7 Å². The van der Waals surface area contributed by atoms with E-state index in [1.165, 1.54) is 11.0 Å². The fourth-order valence-electron chi connectivity index (χ4n) is 3.47. The smallest absolute Gasteiger partial charge is 0.262 e. The maximum atomic E-state index is 13.2. The van der Waals surface area contributed by atoms with Gasteiger partial charge in [0.25, 0.3) is 15.9 Å². The van der Waals surface area contributed by atoms with Gasteiger partial charge < -0.3 is 9.64 Å². The summed E-state index contributed by atoms with van der Waals surface area (Å²) in [4.78, 5) is 14.7. The van der Waals surface area contributed by atoms with Gasteiger partial charge in [-0.3, -0.25) is 9.52 Å². The first-order valence-electron chi connectivity index (χ1n) is 10.2. The van der Waals surface area contributed by atoms with Crippen LogP contribution in [0.25, 0.3) is 0 Å². The minimum absolute atomic E-state index is 0.0787. The van der Waals surface area contributed by atoms with Gasteiger partial charge in [0.1, 0.15) is 5.75 Å². The highest BCUT2D eigenvalue weighted by molar-refractivity contribution is 7.92. The molecule has 3 aromatic rings. The van der Waals surface area contributed by atoms with Crippen LogP contribution in [-0.4, -0.2) is 33.4 Å². The van der Waals surface area contributed by atoms with Crippen molar-refractivity contribution >= 4 is 21.6 Å². The largest absolute Gasteiger partial charge is 0.496 e. The molecule has 6 nitrogen and oxygen atoms in total. The standard InChI is InChI=1S/C25H28N2O4S/c1-17-9-8-11-22(19(17)3)26-32(29,30)24-15-20(14-13-18(24)2)25(28)27(4)16-21-10-6-7-12-23(21)31-5/h6-15,26H,16H2,1-5H3. The number of anilines is 1. The van der Waals surface area contributed by atoms with Crippen LogP contribution in [0, 0.1) is 20.8 Å². The van der Waals surface area contributed by atoms with Crippen LogP contribution in [0.4, 0.5) is 5.69 Å². The lowest BCUT2D eigenvalue weighted by Crippen LogP contribution is -2.27. The van der Waals surface area contributed by atoms with Crippen molar-refractivity contribution in [3.63, 3.8) is 0 Å². The Labute approximate surface area is 189 Å². The van der Waals surface area contributed by atoms with Gasteiger partial charge in [0.05, 0.1) is 17.7 Å². The molecule has 0 aromatic heterocycles. The first-order chi connectivity index (χ1) is 15.1. The van der Waals surface area contributed by atoms with Gasteiger partial charge in [-0.2, -0.15) is 0 Å². The summed E-state index contributed by atoms with van der Waals surface area (Å²) in [5.41, 5.74) is 4.10. The van der Waals surface area contributed by atoms with Gasteiger partial charge in [0.2, 0.25) is 0 Å². The van der Waals surface area contributed by atoms with E-state index >= 15 is 0 Å². The third-order valence-corrected chi connectivity index (χ3v) is 7.03. The number of benzene rings is 3. The molecule has 0 atom stereocenters. The van der Waals surface area contributed by atoms with Gasteiger partial charge in [0, 0.05) is 24.7 Å². The Morgan fingerprint density at radius 2 is 1.69 bits per heavy atom. The predicted octanol–water partition coefficient (Wildman–Crippen LogP) is 4.69. The Bertz CT molecular complexity index is 1250. The van der Waals surface area contributed by atoms with E-state index in [1.54, 1.807) is 45.3 Å². The Hall–Kier alpha value is -3.32. The van der Waals surface area contributed by atoms with Crippen LogP contribution in [0.3, 0.4) is 0 Å². The number of ether oxygens (including phenoxy) is 1. The number of methoxy groups -OCH3 is 1. The van der Waals surface area contributed by atoms with E-state index in [0.29, 0.717) is 29.1 Å². The maximum absolute atomic E-state index is 13.2. The molecule has 1 N–H and O–H groups in total. The van der Waals surface area contributed by atoms with E-state index in [-0.39, 0.29) is 10.8 Å². The highest BCUT2D eigenvalue weighted by atomic mass is 32.2. The number of para-hydroxylation sites is 1. The molecule has 168 valence electrons. The Kier molecular flexibility index (Phi) is 6.89. The highest BCUT2D eigenvalue weighted by Crippen LogP contribution is 2.25. The van der Waals surface area contributed by atoms with Gasteiger partial charge in [0.15, 0.2) is 0 Å². The number of hydrogen-bond donors (Lipinski definition) is 1. The number of amides is 1. The molecule has 0 unspecified atom stereocenters. The van der Waals surface area contributed by atoms with Gasteiger partial charge >= 0.3 is 0 Å². The minimum atomic E-state index is -3.88. The van der Waals surface area contributed by atoms with Crippen LogP contribution >= 0.6 is 0 Å². The summed E-state index contributed by atoms with van der Waals surface area (Å²) in [5, 5.41) is 0. The summed E-state index contributed by atoms with van der Waals surface area (Å²) < 4.78 is 34.3. The number of carbonyl (C=O) groups excluding carboxylic acids is 1. The maximum Gasteiger partial charge on any atom is 0.262 e. The van der Waals surface area contributed by atoms with E-state index < -0.39 is 10.0 Å². The summed E-state index contributed by atoms with van der Waals surface area (Å²) in [6.07, 6.45) is 0. The molecule has 0 saturated carbocycles. The fourth-order valence-corrected chi connectivity index (χ4v) is 4.86. The van der Waals surface area contributed by atoms with Crippen molar-refractivity contribution in [1.29, 1.82) is 0 Å². The predicted molar refractivity (Wildman–Crippen MR) is 127 cm³/mol. The van der Waals surface area contributed by atoms with E-state index in [4.69, 9.17) is 4.74 Å². The number of nitrogens with zero attached hydrogens (tertiary/aromatic N) is 1. The topological polar surface area (TPSA) is 75.7 Å². The Morgan fingerprint density at radius 1 is 0.969 bits per heavy atom. The van der Waals surface area contributed by atoms with E-state index in [1.807, 2.05) is 44.2 Å². The second kappa shape index (κ2) is 9.44. The van der Waals surface area contributed by atoms with Gasteiger partial charge in [-0.15, -0.1) is 0 Å². The molecule has 0 saturated heterocycles. The molecule has 7 heteroatoms. The molecule has 0 heterocycles. The van der Waals surface area contributed by atoms with Crippen molar-refractivity contribution < 1.29 is 17.9 Å². The van der Waals surface area contributed by atoms with Gasteiger partial charge in [-0.1, -0.05) is 36.4 Å². The molecule has 0 radical (unpaired) electrons. The average molecular weight is 453 g/mol. The number of carbonyl (C=O) groups is 1. The molecule has 0 aliphatic rings. The molecule has 3 rings (SSSR count). The molecule has 1 amide bonds. The summed E-state index contributed by atoms with van der Waals surface area (Å²) in [5.74, 6) is 0.413. The van der Waals surface area contributed by atoms with Crippen molar-refractivity contribution in [2.24, 2.45) is 0 Å². The number of nitrogens with one attached hydrogen (secondary N) is 1. The molecule has 0 bridgehead atoms. The minimum Gasteiger partial charge on any atom is -0.496 e. The van der Waals surface area contributed by atoms with Crippen LogP contribution in [0.2, 0.25) is 0 Å². The second-order valence-electron chi connectivity index (χ2n) is 7.81. The Balaban J connectivity index is 1.89. The zero-order valence-electron chi connectivity index (χ0n) is 19.0. The normalized spacial score (nSPS) is 11.2. The van der Waals surface area contributed by atoms with Crippen LogP contribution in [0.1, 0.15) is 32.6 Å². The van der Waals surface area contributed by atoms with Crippen LogP contribution in [-0.2, 0) is 16.6 Å². The number of hydrogen-bond acceptors (Lipinski definition) is 4. The number of rotatable bonds is 7. The van der Waals surface area contributed by atoms with Gasteiger partial charge in [-0.25, -0.2) is 8.42 Å². The lowest BCUT2D eigenvalue weighted by atomic mass is 10.1. The zero-order chi connectivity index (χ0) is 23.5. The van der Waals surface area contributed by atoms with Crippen molar-refractivity contribution in [2.45, 2.75) is 32.2 Å². The summed E-state index contributed by atoms with van der Waals surface area (Å²) in [6.45, 7) is 5.84. The SMILES string of the molecule is COc1ccccc1CN(C)C(=O)c1ccc(C)c(S(=O)(=O)Nc2cccc(C)c2C)c1. The zero-order valence-corrected chi connectivity index (χ0v) is 19.8. The average Bonchev–Trinajstić information content (AvgIpc) is 2.77. The van der Waals surface area contributed by atoms with Crippen LogP contribution in [0.15, 0.2) is 65.6 Å². The van der Waals surface area contributed by atoms with Crippen molar-refractivity contribution in [3.8, 4) is 5.75 Å². The van der Waals surface area contributed by atoms with Crippen molar-refractivity contribution in [2.75, 3.05) is 18.9 Å². The first-order valence-corrected chi connectivity index (χ1v) is 11.7. The molecule has 0 spiro atoms. The van der Waals surface area contributed by atoms with Crippen LogP contribution < -0.4 is 9.46 Å². The molecule has 0 aliphatic carbocycles.